The Morgan fingerprint density at radius 3 is 2.90 bits per heavy atom. The molecule has 1 aromatic rings. The number of nitrogens with one attached hydrogen (secondary N) is 1. The third-order valence-corrected chi connectivity index (χ3v) is 3.35. The molecule has 2 heterocycles. The molecule has 20 heavy (non-hydrogen) atoms. The Kier molecular flexibility index (Phi) is 4.02. The summed E-state index contributed by atoms with van der Waals surface area (Å²) in [6.07, 6.45) is 2.56. The van der Waals surface area contributed by atoms with Crippen molar-refractivity contribution >= 4 is 17.6 Å². The van der Waals surface area contributed by atoms with Gasteiger partial charge in [-0.3, -0.25) is 19.7 Å². The number of aromatic amines is 1. The van der Waals surface area contributed by atoms with Crippen LogP contribution in [0.2, 0.25) is 0 Å². The second-order valence-corrected chi connectivity index (χ2v) is 4.64. The molecule has 1 aliphatic rings. The van der Waals surface area contributed by atoms with E-state index in [1.807, 2.05) is 0 Å². The molecular formula is C12H15N3O5. The molecule has 0 radical (unpaired) electrons. The van der Waals surface area contributed by atoms with Crippen LogP contribution in [0.5, 0.6) is 0 Å². The summed E-state index contributed by atoms with van der Waals surface area (Å²) < 4.78 is 4.69. The van der Waals surface area contributed by atoms with E-state index in [2.05, 4.69) is 9.72 Å². The van der Waals surface area contributed by atoms with Crippen molar-refractivity contribution < 1.29 is 19.2 Å². The van der Waals surface area contributed by atoms with Crippen LogP contribution in [-0.4, -0.2) is 46.9 Å². The SMILES string of the molecule is COC(=O)[C@H]1CCCN(C(=O)c2cc([N+](=O)[O-])c[nH]2)C1. The van der Waals surface area contributed by atoms with E-state index in [9.17, 15) is 19.7 Å². The summed E-state index contributed by atoms with van der Waals surface area (Å²) in [6, 6.07) is 1.20. The van der Waals surface area contributed by atoms with Crippen LogP contribution in [0.3, 0.4) is 0 Å². The van der Waals surface area contributed by atoms with E-state index >= 15 is 0 Å². The van der Waals surface area contributed by atoms with Gasteiger partial charge in [-0.25, -0.2) is 0 Å². The highest BCUT2D eigenvalue weighted by Gasteiger charge is 2.30. The lowest BCUT2D eigenvalue weighted by Crippen LogP contribution is -2.42. The van der Waals surface area contributed by atoms with E-state index in [0.717, 1.165) is 0 Å². The van der Waals surface area contributed by atoms with E-state index < -0.39 is 4.92 Å². The van der Waals surface area contributed by atoms with Crippen LogP contribution in [0, 0.1) is 16.0 Å². The topological polar surface area (TPSA) is 106 Å². The van der Waals surface area contributed by atoms with Gasteiger partial charge in [-0.1, -0.05) is 0 Å². The van der Waals surface area contributed by atoms with Crippen LogP contribution in [-0.2, 0) is 9.53 Å². The minimum absolute atomic E-state index is 0.155. The summed E-state index contributed by atoms with van der Waals surface area (Å²) in [5, 5.41) is 10.6. The molecule has 1 aliphatic heterocycles. The lowest BCUT2D eigenvalue weighted by atomic mass is 9.98. The summed E-state index contributed by atoms with van der Waals surface area (Å²) in [7, 11) is 1.32. The molecule has 0 aromatic carbocycles. The Balaban J connectivity index is 2.08. The van der Waals surface area contributed by atoms with E-state index in [1.54, 1.807) is 0 Å². The van der Waals surface area contributed by atoms with Crippen molar-refractivity contribution in [3.63, 3.8) is 0 Å². The van der Waals surface area contributed by atoms with Crippen LogP contribution in [0.1, 0.15) is 23.3 Å². The number of aromatic nitrogens is 1. The maximum atomic E-state index is 12.2. The van der Waals surface area contributed by atoms with Gasteiger partial charge < -0.3 is 14.6 Å². The first-order chi connectivity index (χ1) is 9.52. The van der Waals surface area contributed by atoms with Crippen molar-refractivity contribution in [2.75, 3.05) is 20.2 Å². The van der Waals surface area contributed by atoms with Gasteiger partial charge >= 0.3 is 5.97 Å². The highest BCUT2D eigenvalue weighted by molar-refractivity contribution is 5.93. The van der Waals surface area contributed by atoms with E-state index in [4.69, 9.17) is 0 Å². The first-order valence-corrected chi connectivity index (χ1v) is 6.23. The van der Waals surface area contributed by atoms with Crippen molar-refractivity contribution in [3.8, 4) is 0 Å². The van der Waals surface area contributed by atoms with Gasteiger partial charge in [0.25, 0.3) is 11.6 Å². The average Bonchev–Trinajstić information content (AvgIpc) is 2.95. The second-order valence-electron chi connectivity index (χ2n) is 4.64. The van der Waals surface area contributed by atoms with Crippen molar-refractivity contribution in [1.29, 1.82) is 0 Å². The summed E-state index contributed by atoms with van der Waals surface area (Å²) in [5.41, 5.74) is -0.00269. The average molecular weight is 281 g/mol. The molecule has 2 rings (SSSR count). The number of amides is 1. The number of methoxy groups -OCH3 is 1. The summed E-state index contributed by atoms with van der Waals surface area (Å²) in [5.74, 6) is -1.01. The normalized spacial score (nSPS) is 18.6. The number of esters is 1. The Morgan fingerprint density at radius 1 is 1.55 bits per heavy atom. The first kappa shape index (κ1) is 14.0. The van der Waals surface area contributed by atoms with Gasteiger partial charge in [0.15, 0.2) is 0 Å². The van der Waals surface area contributed by atoms with E-state index in [-0.39, 0.29) is 35.7 Å². The number of hydrogen-bond acceptors (Lipinski definition) is 5. The number of H-pyrrole nitrogens is 1. The number of nitrogens with zero attached hydrogens (tertiary/aromatic N) is 2. The van der Waals surface area contributed by atoms with Crippen LogP contribution >= 0.6 is 0 Å². The Labute approximate surface area is 114 Å². The van der Waals surface area contributed by atoms with Gasteiger partial charge in [0.05, 0.1) is 24.1 Å². The fourth-order valence-corrected chi connectivity index (χ4v) is 2.30. The molecular weight excluding hydrogens is 266 g/mol. The van der Waals surface area contributed by atoms with E-state index in [0.29, 0.717) is 19.4 Å². The molecule has 0 unspecified atom stereocenters. The van der Waals surface area contributed by atoms with Gasteiger partial charge in [0, 0.05) is 19.2 Å². The van der Waals surface area contributed by atoms with Gasteiger partial charge in [-0.15, -0.1) is 0 Å². The number of carbonyl (C=O) groups excluding carboxylic acids is 2. The standard InChI is InChI=1S/C12H15N3O5/c1-20-12(17)8-3-2-4-14(7-8)11(16)10-5-9(6-13-10)15(18)19/h5-6,8,13H,2-4,7H2,1H3/t8-/m0/s1. The Morgan fingerprint density at radius 2 is 2.30 bits per heavy atom. The van der Waals surface area contributed by atoms with Crippen LogP contribution < -0.4 is 0 Å². The predicted molar refractivity (Wildman–Crippen MR) is 68.1 cm³/mol. The summed E-state index contributed by atoms with van der Waals surface area (Å²) >= 11 is 0. The molecule has 1 saturated heterocycles. The molecule has 0 aliphatic carbocycles. The quantitative estimate of drug-likeness (QED) is 0.504. The molecule has 0 bridgehead atoms. The number of hydrogen-bond donors (Lipinski definition) is 1. The summed E-state index contributed by atoms with van der Waals surface area (Å²) in [6.45, 7) is 0.803. The zero-order valence-electron chi connectivity index (χ0n) is 11.0. The predicted octanol–water partition coefficient (Wildman–Crippen LogP) is 0.948. The van der Waals surface area contributed by atoms with Crippen molar-refractivity contribution in [2.45, 2.75) is 12.8 Å². The minimum atomic E-state index is -0.569. The first-order valence-electron chi connectivity index (χ1n) is 6.23. The smallest absolute Gasteiger partial charge is 0.310 e. The number of carbonyl (C=O) groups is 2. The Bertz CT molecular complexity index is 539. The second kappa shape index (κ2) is 5.72. The maximum Gasteiger partial charge on any atom is 0.310 e. The number of ether oxygens (including phenoxy) is 1. The summed E-state index contributed by atoms with van der Waals surface area (Å²) in [4.78, 5) is 37.9. The largest absolute Gasteiger partial charge is 0.469 e. The van der Waals surface area contributed by atoms with Gasteiger partial charge in [0.2, 0.25) is 0 Å². The molecule has 108 valence electrons. The third kappa shape index (κ3) is 2.79. The van der Waals surface area contributed by atoms with Crippen molar-refractivity contribution in [1.82, 2.24) is 9.88 Å². The molecule has 1 fully saturated rings. The number of likely N-dealkylation sites (tertiary alicyclic amines) is 1. The molecule has 1 atom stereocenters. The monoisotopic (exact) mass is 281 g/mol. The fraction of sp³-hybridized carbons (Fsp3) is 0.500. The van der Waals surface area contributed by atoms with Crippen LogP contribution in [0.15, 0.2) is 12.3 Å². The van der Waals surface area contributed by atoms with Crippen LogP contribution in [0.25, 0.3) is 0 Å². The molecule has 0 saturated carbocycles. The lowest BCUT2D eigenvalue weighted by Gasteiger charge is -2.30. The highest BCUT2D eigenvalue weighted by atomic mass is 16.6. The lowest BCUT2D eigenvalue weighted by molar-refractivity contribution is -0.384. The molecule has 8 nitrogen and oxygen atoms in total. The van der Waals surface area contributed by atoms with Crippen molar-refractivity contribution in [3.05, 3.63) is 28.1 Å². The fourth-order valence-electron chi connectivity index (χ4n) is 2.30. The minimum Gasteiger partial charge on any atom is -0.469 e. The highest BCUT2D eigenvalue weighted by Crippen LogP contribution is 2.21. The number of piperidine rings is 1. The number of rotatable bonds is 3. The van der Waals surface area contributed by atoms with Crippen LogP contribution in [0.4, 0.5) is 5.69 Å². The zero-order valence-corrected chi connectivity index (χ0v) is 11.0. The number of nitro groups is 1. The third-order valence-electron chi connectivity index (χ3n) is 3.35. The molecule has 1 amide bonds. The molecule has 0 spiro atoms. The Hall–Kier alpha value is -2.38. The molecule has 1 N–H and O–H groups in total. The van der Waals surface area contributed by atoms with Gasteiger partial charge in [-0.05, 0) is 12.8 Å². The maximum absolute atomic E-state index is 12.2. The molecule has 8 heteroatoms. The van der Waals surface area contributed by atoms with Crippen molar-refractivity contribution in [2.24, 2.45) is 5.92 Å². The zero-order chi connectivity index (χ0) is 14.7. The van der Waals surface area contributed by atoms with Gasteiger partial charge in [-0.2, -0.15) is 0 Å². The molecule has 1 aromatic heterocycles. The van der Waals surface area contributed by atoms with E-state index in [1.165, 1.54) is 24.3 Å². The van der Waals surface area contributed by atoms with Gasteiger partial charge in [0.1, 0.15) is 5.69 Å².